The minimum atomic E-state index is -0.617. The summed E-state index contributed by atoms with van der Waals surface area (Å²) in [5, 5.41) is 0. The van der Waals surface area contributed by atoms with Crippen molar-refractivity contribution in [3.63, 3.8) is 0 Å². The smallest absolute Gasteiger partial charge is 0.409 e. The van der Waals surface area contributed by atoms with E-state index in [0.717, 1.165) is 31.2 Å². The number of halogens is 1. The second kappa shape index (κ2) is 7.42. The highest BCUT2D eigenvalue weighted by Gasteiger charge is 2.45. The molecule has 1 saturated heterocycles. The number of amides is 2. The molecule has 25 heavy (non-hydrogen) atoms. The Kier molecular flexibility index (Phi) is 5.25. The summed E-state index contributed by atoms with van der Waals surface area (Å²) in [5.41, 5.74) is 0.164. The van der Waals surface area contributed by atoms with Crippen LogP contribution in [-0.2, 0) is 14.9 Å². The van der Waals surface area contributed by atoms with Crippen molar-refractivity contribution in [1.82, 2.24) is 9.80 Å². The van der Waals surface area contributed by atoms with Crippen molar-refractivity contribution in [2.45, 2.75) is 38.0 Å². The van der Waals surface area contributed by atoms with E-state index < -0.39 is 5.41 Å². The summed E-state index contributed by atoms with van der Waals surface area (Å²) < 4.78 is 18.7. The highest BCUT2D eigenvalue weighted by atomic mass is 19.1. The lowest BCUT2D eigenvalue weighted by Gasteiger charge is -2.39. The Morgan fingerprint density at radius 3 is 2.36 bits per heavy atom. The van der Waals surface area contributed by atoms with Crippen LogP contribution >= 0.6 is 0 Å². The molecule has 5 nitrogen and oxygen atoms in total. The zero-order valence-electron chi connectivity index (χ0n) is 14.7. The highest BCUT2D eigenvalue weighted by Crippen LogP contribution is 2.43. The van der Waals surface area contributed by atoms with Crippen LogP contribution in [-0.4, -0.2) is 54.6 Å². The van der Waals surface area contributed by atoms with E-state index in [9.17, 15) is 14.0 Å². The average molecular weight is 348 g/mol. The minimum Gasteiger partial charge on any atom is -0.450 e. The monoisotopic (exact) mass is 348 g/mol. The molecular weight excluding hydrogens is 323 g/mol. The van der Waals surface area contributed by atoms with E-state index in [2.05, 4.69) is 0 Å². The van der Waals surface area contributed by atoms with Crippen LogP contribution in [0.4, 0.5) is 9.18 Å². The summed E-state index contributed by atoms with van der Waals surface area (Å²) in [6.07, 6.45) is 3.15. The van der Waals surface area contributed by atoms with Gasteiger partial charge in [-0.2, -0.15) is 0 Å². The molecule has 0 N–H and O–H groups in total. The fourth-order valence-corrected chi connectivity index (χ4v) is 4.00. The number of hydrogen-bond donors (Lipinski definition) is 0. The molecule has 1 aromatic rings. The topological polar surface area (TPSA) is 49.9 Å². The van der Waals surface area contributed by atoms with Crippen LogP contribution in [0.1, 0.15) is 38.2 Å². The molecule has 0 aromatic heterocycles. The zero-order valence-corrected chi connectivity index (χ0v) is 14.7. The first kappa shape index (κ1) is 17.7. The molecule has 3 rings (SSSR count). The Bertz CT molecular complexity index is 635. The molecule has 1 aliphatic carbocycles. The standard InChI is InChI=1S/C19H25FN2O3/c1-2-25-18(24)22-12-10-21(11-13-22)17(23)19(8-3-4-9-19)15-6-5-7-16(20)14-15/h5-7,14H,2-4,8-13H2,1H3. The first-order valence-electron chi connectivity index (χ1n) is 9.04. The second-order valence-electron chi connectivity index (χ2n) is 6.78. The van der Waals surface area contributed by atoms with Crippen LogP contribution in [0, 0.1) is 5.82 Å². The molecule has 2 amide bonds. The highest BCUT2D eigenvalue weighted by molar-refractivity contribution is 5.89. The van der Waals surface area contributed by atoms with Crippen molar-refractivity contribution < 1.29 is 18.7 Å². The van der Waals surface area contributed by atoms with Crippen LogP contribution in [0.2, 0.25) is 0 Å². The molecule has 0 bridgehead atoms. The van der Waals surface area contributed by atoms with Crippen molar-refractivity contribution in [2.24, 2.45) is 0 Å². The molecule has 2 fully saturated rings. The lowest BCUT2D eigenvalue weighted by Crippen LogP contribution is -2.55. The Labute approximate surface area is 147 Å². The molecule has 0 radical (unpaired) electrons. The maximum absolute atomic E-state index is 13.7. The van der Waals surface area contributed by atoms with Crippen molar-refractivity contribution in [1.29, 1.82) is 0 Å². The molecular formula is C19H25FN2O3. The second-order valence-corrected chi connectivity index (χ2v) is 6.78. The summed E-state index contributed by atoms with van der Waals surface area (Å²) in [5.74, 6) is -0.234. The van der Waals surface area contributed by atoms with E-state index in [1.54, 1.807) is 17.9 Å². The number of ether oxygens (including phenoxy) is 1. The fraction of sp³-hybridized carbons (Fsp3) is 0.579. The zero-order chi connectivity index (χ0) is 17.9. The number of rotatable bonds is 3. The quantitative estimate of drug-likeness (QED) is 0.844. The molecule has 1 heterocycles. The normalized spacial score (nSPS) is 19.8. The van der Waals surface area contributed by atoms with Gasteiger partial charge in [-0.25, -0.2) is 9.18 Å². The van der Waals surface area contributed by atoms with Gasteiger partial charge in [0.25, 0.3) is 0 Å². The van der Waals surface area contributed by atoms with Crippen LogP contribution in [0.25, 0.3) is 0 Å². The van der Waals surface area contributed by atoms with Crippen molar-refractivity contribution in [2.75, 3.05) is 32.8 Å². The summed E-state index contributed by atoms with van der Waals surface area (Å²) in [6, 6.07) is 6.45. The van der Waals surface area contributed by atoms with Gasteiger partial charge in [-0.15, -0.1) is 0 Å². The number of carbonyl (C=O) groups is 2. The largest absolute Gasteiger partial charge is 0.450 e. The molecule has 1 aromatic carbocycles. The van der Waals surface area contributed by atoms with Gasteiger partial charge in [0.1, 0.15) is 5.82 Å². The third-order valence-corrected chi connectivity index (χ3v) is 5.34. The Morgan fingerprint density at radius 1 is 1.12 bits per heavy atom. The van der Waals surface area contributed by atoms with E-state index >= 15 is 0 Å². The maximum Gasteiger partial charge on any atom is 0.409 e. The van der Waals surface area contributed by atoms with Gasteiger partial charge in [0, 0.05) is 26.2 Å². The van der Waals surface area contributed by atoms with Crippen LogP contribution in [0.3, 0.4) is 0 Å². The maximum atomic E-state index is 13.7. The molecule has 1 saturated carbocycles. The van der Waals surface area contributed by atoms with E-state index in [0.29, 0.717) is 32.8 Å². The lowest BCUT2D eigenvalue weighted by atomic mass is 9.77. The van der Waals surface area contributed by atoms with E-state index in [1.165, 1.54) is 12.1 Å². The fourth-order valence-electron chi connectivity index (χ4n) is 4.00. The molecule has 1 aliphatic heterocycles. The number of carbonyl (C=O) groups excluding carboxylic acids is 2. The van der Waals surface area contributed by atoms with Gasteiger partial charge < -0.3 is 14.5 Å². The summed E-state index contributed by atoms with van der Waals surface area (Å²) in [7, 11) is 0. The summed E-state index contributed by atoms with van der Waals surface area (Å²) in [4.78, 5) is 28.6. The van der Waals surface area contributed by atoms with Gasteiger partial charge in [-0.05, 0) is 37.5 Å². The first-order chi connectivity index (χ1) is 12.1. The molecule has 0 spiro atoms. The van der Waals surface area contributed by atoms with Crippen molar-refractivity contribution in [3.8, 4) is 0 Å². The molecule has 0 unspecified atom stereocenters. The lowest BCUT2D eigenvalue weighted by molar-refractivity contribution is -0.139. The third kappa shape index (κ3) is 3.48. The molecule has 6 heteroatoms. The summed E-state index contributed by atoms with van der Waals surface area (Å²) in [6.45, 7) is 4.07. The predicted octanol–water partition coefficient (Wildman–Crippen LogP) is 2.94. The van der Waals surface area contributed by atoms with Gasteiger partial charge in [0.2, 0.25) is 5.91 Å². The first-order valence-corrected chi connectivity index (χ1v) is 9.04. The van der Waals surface area contributed by atoms with E-state index in [4.69, 9.17) is 4.74 Å². The average Bonchev–Trinajstić information content (AvgIpc) is 3.12. The summed E-state index contributed by atoms with van der Waals surface area (Å²) >= 11 is 0. The van der Waals surface area contributed by atoms with Gasteiger partial charge in [-0.1, -0.05) is 25.0 Å². The van der Waals surface area contributed by atoms with Gasteiger partial charge in [-0.3, -0.25) is 4.79 Å². The molecule has 0 atom stereocenters. The SMILES string of the molecule is CCOC(=O)N1CCN(C(=O)C2(c3cccc(F)c3)CCCC2)CC1. The van der Waals surface area contributed by atoms with Gasteiger partial charge in [0.15, 0.2) is 0 Å². The Morgan fingerprint density at radius 2 is 1.76 bits per heavy atom. The van der Waals surface area contributed by atoms with E-state index in [-0.39, 0.29) is 17.8 Å². The van der Waals surface area contributed by atoms with Gasteiger partial charge >= 0.3 is 6.09 Å². The Balaban J connectivity index is 1.74. The molecule has 2 aliphatic rings. The van der Waals surface area contributed by atoms with Crippen LogP contribution < -0.4 is 0 Å². The number of benzene rings is 1. The number of nitrogens with zero attached hydrogens (tertiary/aromatic N) is 2. The molecule has 136 valence electrons. The Hall–Kier alpha value is -2.11. The predicted molar refractivity (Wildman–Crippen MR) is 91.7 cm³/mol. The number of piperazine rings is 1. The van der Waals surface area contributed by atoms with Gasteiger partial charge in [0.05, 0.1) is 12.0 Å². The van der Waals surface area contributed by atoms with Crippen molar-refractivity contribution >= 4 is 12.0 Å². The van der Waals surface area contributed by atoms with E-state index in [1.807, 2.05) is 11.0 Å². The third-order valence-electron chi connectivity index (χ3n) is 5.34. The van der Waals surface area contributed by atoms with Crippen LogP contribution in [0.15, 0.2) is 24.3 Å². The van der Waals surface area contributed by atoms with Crippen molar-refractivity contribution in [3.05, 3.63) is 35.6 Å². The minimum absolute atomic E-state index is 0.0686. The number of hydrogen-bond acceptors (Lipinski definition) is 3. The van der Waals surface area contributed by atoms with Crippen LogP contribution in [0.5, 0.6) is 0 Å².